The molecule has 1 unspecified atom stereocenters. The number of ether oxygens (including phenoxy) is 1. The highest BCUT2D eigenvalue weighted by Crippen LogP contribution is 2.27. The number of rotatable bonds is 7. The van der Waals surface area contributed by atoms with Gasteiger partial charge in [-0.25, -0.2) is 17.9 Å². The Balaban J connectivity index is 2.98. The lowest BCUT2D eigenvalue weighted by atomic mass is 10.2. The average molecular weight is 321 g/mol. The minimum Gasteiger partial charge on any atom is -0.465 e. The molecule has 1 aromatic rings. The fourth-order valence-electron chi connectivity index (χ4n) is 1.71. The van der Waals surface area contributed by atoms with E-state index in [9.17, 15) is 18.3 Å². The van der Waals surface area contributed by atoms with Gasteiger partial charge in [-0.1, -0.05) is 13.3 Å². The van der Waals surface area contributed by atoms with Gasteiger partial charge in [0.25, 0.3) is 0 Å². The van der Waals surface area contributed by atoms with Crippen LogP contribution in [0.2, 0.25) is 0 Å². The SMILES string of the molecule is CCCC(O)CNS(=O)(=O)c1c(C)csc1C(=O)OC. The number of esters is 1. The molecular formula is C12H19NO5S2. The lowest BCUT2D eigenvalue weighted by Crippen LogP contribution is -2.33. The van der Waals surface area contributed by atoms with E-state index in [0.717, 1.165) is 17.8 Å². The van der Waals surface area contributed by atoms with E-state index in [1.165, 1.54) is 7.11 Å². The summed E-state index contributed by atoms with van der Waals surface area (Å²) in [7, 11) is -2.65. The van der Waals surface area contributed by atoms with Crippen molar-refractivity contribution in [1.29, 1.82) is 0 Å². The van der Waals surface area contributed by atoms with Crippen LogP contribution >= 0.6 is 11.3 Å². The third-order valence-electron chi connectivity index (χ3n) is 2.69. The highest BCUT2D eigenvalue weighted by Gasteiger charge is 2.27. The summed E-state index contributed by atoms with van der Waals surface area (Å²) in [6.45, 7) is 3.43. The van der Waals surface area contributed by atoms with Crippen molar-refractivity contribution in [2.24, 2.45) is 0 Å². The summed E-state index contributed by atoms with van der Waals surface area (Å²) in [5.74, 6) is -0.683. The van der Waals surface area contributed by atoms with Crippen molar-refractivity contribution in [3.05, 3.63) is 15.8 Å². The van der Waals surface area contributed by atoms with Crippen LogP contribution in [0.5, 0.6) is 0 Å². The summed E-state index contributed by atoms with van der Waals surface area (Å²) in [4.78, 5) is 11.6. The topological polar surface area (TPSA) is 92.7 Å². The largest absolute Gasteiger partial charge is 0.465 e. The summed E-state index contributed by atoms with van der Waals surface area (Å²) >= 11 is 1.02. The van der Waals surface area contributed by atoms with Crippen LogP contribution in [-0.2, 0) is 14.8 Å². The number of aliphatic hydroxyl groups is 1. The van der Waals surface area contributed by atoms with Gasteiger partial charge in [0, 0.05) is 6.54 Å². The first kappa shape index (κ1) is 17.1. The molecule has 1 rings (SSSR count). The van der Waals surface area contributed by atoms with Gasteiger partial charge in [-0.2, -0.15) is 0 Å². The van der Waals surface area contributed by atoms with E-state index in [1.54, 1.807) is 12.3 Å². The van der Waals surface area contributed by atoms with Gasteiger partial charge in [0.1, 0.15) is 9.77 Å². The summed E-state index contributed by atoms with van der Waals surface area (Å²) < 4.78 is 31.4. The zero-order valence-corrected chi connectivity index (χ0v) is 13.3. The zero-order valence-electron chi connectivity index (χ0n) is 11.7. The highest BCUT2D eigenvalue weighted by molar-refractivity contribution is 7.89. The van der Waals surface area contributed by atoms with Crippen LogP contribution in [0.25, 0.3) is 0 Å². The molecule has 0 spiro atoms. The van der Waals surface area contributed by atoms with Gasteiger partial charge in [0.05, 0.1) is 13.2 Å². The molecule has 114 valence electrons. The summed E-state index contributed by atoms with van der Waals surface area (Å²) in [5.41, 5.74) is 0.480. The maximum absolute atomic E-state index is 12.2. The van der Waals surface area contributed by atoms with E-state index in [-0.39, 0.29) is 16.3 Å². The monoisotopic (exact) mass is 321 g/mol. The minimum absolute atomic E-state index is 0.0440. The Bertz CT molecular complexity index is 564. The summed E-state index contributed by atoms with van der Waals surface area (Å²) in [6.07, 6.45) is 0.526. The Morgan fingerprint density at radius 3 is 2.75 bits per heavy atom. The Morgan fingerprint density at radius 1 is 1.55 bits per heavy atom. The number of thiophene rings is 1. The molecule has 0 bridgehead atoms. The smallest absolute Gasteiger partial charge is 0.349 e. The predicted octanol–water partition coefficient (Wildman–Crippen LogP) is 1.28. The highest BCUT2D eigenvalue weighted by atomic mass is 32.2. The Labute approximate surface area is 122 Å². The molecule has 0 aliphatic carbocycles. The van der Waals surface area contributed by atoms with Crippen LogP contribution in [0.15, 0.2) is 10.3 Å². The molecule has 0 aliphatic rings. The Hall–Kier alpha value is -0.960. The lowest BCUT2D eigenvalue weighted by molar-refractivity contribution is 0.0602. The van der Waals surface area contributed by atoms with E-state index < -0.39 is 22.1 Å². The summed E-state index contributed by atoms with van der Waals surface area (Å²) in [6, 6.07) is 0. The second-order valence-electron chi connectivity index (χ2n) is 4.36. The molecule has 0 aliphatic heterocycles. The molecule has 0 aromatic carbocycles. The van der Waals surface area contributed by atoms with Crippen molar-refractivity contribution in [3.63, 3.8) is 0 Å². The molecule has 1 atom stereocenters. The third kappa shape index (κ3) is 4.02. The first-order valence-corrected chi connectivity index (χ1v) is 8.53. The number of sulfonamides is 1. The van der Waals surface area contributed by atoms with Gasteiger partial charge < -0.3 is 9.84 Å². The number of nitrogens with one attached hydrogen (secondary N) is 1. The molecule has 8 heteroatoms. The van der Waals surface area contributed by atoms with E-state index in [2.05, 4.69) is 9.46 Å². The van der Waals surface area contributed by atoms with E-state index >= 15 is 0 Å². The number of carbonyl (C=O) groups is 1. The Kier molecular flexibility index (Phi) is 6.12. The van der Waals surface area contributed by atoms with E-state index in [1.807, 2.05) is 6.92 Å². The maximum atomic E-state index is 12.2. The van der Waals surface area contributed by atoms with Gasteiger partial charge in [-0.15, -0.1) is 11.3 Å². The number of aliphatic hydroxyl groups excluding tert-OH is 1. The lowest BCUT2D eigenvalue weighted by Gasteiger charge is -2.12. The van der Waals surface area contributed by atoms with Gasteiger partial charge in [0.2, 0.25) is 10.0 Å². The number of hydrogen-bond donors (Lipinski definition) is 2. The molecular weight excluding hydrogens is 302 g/mol. The molecule has 1 heterocycles. The van der Waals surface area contributed by atoms with Crippen molar-refractivity contribution in [2.75, 3.05) is 13.7 Å². The van der Waals surface area contributed by atoms with E-state index in [4.69, 9.17) is 0 Å². The quantitative estimate of drug-likeness (QED) is 0.738. The van der Waals surface area contributed by atoms with Crippen LogP contribution in [0, 0.1) is 6.92 Å². The van der Waals surface area contributed by atoms with Crippen molar-refractivity contribution in [3.8, 4) is 0 Å². The van der Waals surface area contributed by atoms with E-state index in [0.29, 0.717) is 12.0 Å². The van der Waals surface area contributed by atoms with Gasteiger partial charge in [-0.05, 0) is 24.3 Å². The minimum atomic E-state index is -3.85. The van der Waals surface area contributed by atoms with Crippen LogP contribution in [0.1, 0.15) is 35.0 Å². The van der Waals surface area contributed by atoms with Gasteiger partial charge >= 0.3 is 5.97 Å². The third-order valence-corrected chi connectivity index (χ3v) is 5.51. The molecule has 0 saturated carbocycles. The van der Waals surface area contributed by atoms with Crippen molar-refractivity contribution in [2.45, 2.75) is 37.7 Å². The molecule has 20 heavy (non-hydrogen) atoms. The molecule has 0 saturated heterocycles. The normalized spacial score (nSPS) is 13.2. The van der Waals surface area contributed by atoms with Crippen LogP contribution < -0.4 is 4.72 Å². The molecule has 0 radical (unpaired) electrons. The number of aryl methyl sites for hydroxylation is 1. The zero-order chi connectivity index (χ0) is 15.3. The molecule has 6 nitrogen and oxygen atoms in total. The second-order valence-corrected chi connectivity index (χ2v) is 6.95. The maximum Gasteiger partial charge on any atom is 0.349 e. The predicted molar refractivity (Wildman–Crippen MR) is 76.5 cm³/mol. The number of hydrogen-bond acceptors (Lipinski definition) is 6. The standard InChI is InChI=1S/C12H19NO5S2/c1-4-5-9(14)6-13-20(16,17)11-8(2)7-19-10(11)12(15)18-3/h7,9,13-14H,4-6H2,1-3H3. The molecule has 1 aromatic heterocycles. The fraction of sp³-hybridized carbons (Fsp3) is 0.583. The summed E-state index contributed by atoms with van der Waals surface area (Å²) in [5, 5.41) is 11.2. The van der Waals surface area contributed by atoms with Crippen LogP contribution in [-0.4, -0.2) is 39.3 Å². The molecule has 0 amide bonds. The fourth-order valence-corrected chi connectivity index (χ4v) is 4.49. The number of methoxy groups -OCH3 is 1. The van der Waals surface area contributed by atoms with Crippen molar-refractivity contribution in [1.82, 2.24) is 4.72 Å². The van der Waals surface area contributed by atoms with Crippen LogP contribution in [0.3, 0.4) is 0 Å². The second kappa shape index (κ2) is 7.16. The van der Waals surface area contributed by atoms with Gasteiger partial charge in [0.15, 0.2) is 0 Å². The Morgan fingerprint density at radius 2 is 2.20 bits per heavy atom. The number of carbonyl (C=O) groups excluding carboxylic acids is 1. The molecule has 2 N–H and O–H groups in total. The van der Waals surface area contributed by atoms with Gasteiger partial charge in [-0.3, -0.25) is 0 Å². The first-order chi connectivity index (χ1) is 9.33. The molecule has 0 fully saturated rings. The van der Waals surface area contributed by atoms with Crippen molar-refractivity contribution >= 4 is 27.3 Å². The first-order valence-electron chi connectivity index (χ1n) is 6.17. The van der Waals surface area contributed by atoms with Crippen LogP contribution in [0.4, 0.5) is 0 Å². The average Bonchev–Trinajstić information content (AvgIpc) is 2.79. The van der Waals surface area contributed by atoms with Crippen molar-refractivity contribution < 1.29 is 23.1 Å².